The van der Waals surface area contributed by atoms with Gasteiger partial charge in [0.1, 0.15) is 0 Å². The molecule has 0 aromatic carbocycles. The zero-order valence-electron chi connectivity index (χ0n) is 8.39. The van der Waals surface area contributed by atoms with E-state index in [0.29, 0.717) is 13.2 Å². The minimum Gasteiger partial charge on any atom is -0.390 e. The van der Waals surface area contributed by atoms with E-state index in [0.717, 1.165) is 19.3 Å². The third-order valence-corrected chi connectivity index (χ3v) is 2.28. The van der Waals surface area contributed by atoms with Crippen molar-refractivity contribution in [2.75, 3.05) is 13.2 Å². The van der Waals surface area contributed by atoms with Gasteiger partial charge < -0.3 is 9.84 Å². The molecule has 1 N–H and O–H groups in total. The Bertz CT molecular complexity index is 140. The van der Waals surface area contributed by atoms with Gasteiger partial charge in [0.25, 0.3) is 0 Å². The van der Waals surface area contributed by atoms with Crippen molar-refractivity contribution in [2.45, 2.75) is 45.6 Å². The Morgan fingerprint density at radius 1 is 1.25 bits per heavy atom. The van der Waals surface area contributed by atoms with Crippen molar-refractivity contribution in [1.29, 1.82) is 0 Å². The monoisotopic (exact) mass is 172 g/mol. The van der Waals surface area contributed by atoms with Crippen LogP contribution in [0.25, 0.3) is 0 Å². The highest BCUT2D eigenvalue weighted by Gasteiger charge is 2.33. The lowest BCUT2D eigenvalue weighted by atomic mass is 9.78. The highest BCUT2D eigenvalue weighted by atomic mass is 16.5. The molecule has 1 saturated heterocycles. The van der Waals surface area contributed by atoms with Crippen LogP contribution >= 0.6 is 0 Å². The van der Waals surface area contributed by atoms with Gasteiger partial charge in [-0.1, -0.05) is 20.8 Å². The van der Waals surface area contributed by atoms with Crippen molar-refractivity contribution < 1.29 is 9.84 Å². The smallest absolute Gasteiger partial charge is 0.0696 e. The van der Waals surface area contributed by atoms with Crippen LogP contribution in [0.2, 0.25) is 0 Å². The van der Waals surface area contributed by atoms with E-state index in [2.05, 4.69) is 20.8 Å². The van der Waals surface area contributed by atoms with Crippen LogP contribution in [0.4, 0.5) is 0 Å². The summed E-state index contributed by atoms with van der Waals surface area (Å²) in [5.41, 5.74) is -0.247. The molecule has 0 spiro atoms. The molecule has 0 radical (unpaired) electrons. The quantitative estimate of drug-likeness (QED) is 0.655. The number of hydrogen-bond acceptors (Lipinski definition) is 2. The second kappa shape index (κ2) is 3.35. The van der Waals surface area contributed by atoms with E-state index >= 15 is 0 Å². The summed E-state index contributed by atoms with van der Waals surface area (Å²) in [7, 11) is 0. The first-order valence-electron chi connectivity index (χ1n) is 4.72. The first-order chi connectivity index (χ1) is 5.41. The van der Waals surface area contributed by atoms with Gasteiger partial charge in [0.05, 0.1) is 5.60 Å². The van der Waals surface area contributed by atoms with Crippen LogP contribution in [0.15, 0.2) is 0 Å². The molecule has 12 heavy (non-hydrogen) atoms. The average molecular weight is 172 g/mol. The molecule has 2 nitrogen and oxygen atoms in total. The predicted octanol–water partition coefficient (Wildman–Crippen LogP) is 1.96. The Balaban J connectivity index is 2.47. The molecule has 0 amide bonds. The summed E-state index contributed by atoms with van der Waals surface area (Å²) in [5.74, 6) is 0. The molecular weight excluding hydrogens is 152 g/mol. The fraction of sp³-hybridized carbons (Fsp3) is 1.00. The van der Waals surface area contributed by atoms with Crippen molar-refractivity contribution in [3.05, 3.63) is 0 Å². The molecule has 1 heterocycles. The van der Waals surface area contributed by atoms with Crippen molar-refractivity contribution >= 4 is 0 Å². The molecule has 72 valence electrons. The lowest BCUT2D eigenvalue weighted by molar-refractivity contribution is -0.0833. The summed E-state index contributed by atoms with van der Waals surface area (Å²) >= 11 is 0. The normalized spacial score (nSPS) is 24.0. The first kappa shape index (κ1) is 10.0. The number of ether oxygens (including phenoxy) is 1. The fourth-order valence-corrected chi connectivity index (χ4v) is 1.92. The zero-order chi connectivity index (χ0) is 9.24. The molecular formula is C10H20O2. The summed E-state index contributed by atoms with van der Waals surface area (Å²) in [4.78, 5) is 0. The van der Waals surface area contributed by atoms with Crippen molar-refractivity contribution in [3.63, 3.8) is 0 Å². The molecule has 1 aliphatic rings. The van der Waals surface area contributed by atoms with E-state index in [9.17, 15) is 5.11 Å². The van der Waals surface area contributed by atoms with Crippen molar-refractivity contribution in [2.24, 2.45) is 5.41 Å². The molecule has 0 saturated carbocycles. The van der Waals surface area contributed by atoms with E-state index in [1.807, 2.05) is 0 Å². The molecule has 1 rings (SSSR count). The second-order valence-corrected chi connectivity index (χ2v) is 5.07. The minimum atomic E-state index is -0.462. The maximum atomic E-state index is 10.1. The van der Waals surface area contributed by atoms with E-state index in [4.69, 9.17) is 4.74 Å². The van der Waals surface area contributed by atoms with E-state index in [-0.39, 0.29) is 5.41 Å². The van der Waals surface area contributed by atoms with Gasteiger partial charge in [-0.2, -0.15) is 0 Å². The molecule has 2 heteroatoms. The van der Waals surface area contributed by atoms with E-state index < -0.39 is 5.60 Å². The third-order valence-electron chi connectivity index (χ3n) is 2.28. The Kier molecular flexibility index (Phi) is 2.79. The van der Waals surface area contributed by atoms with Crippen LogP contribution in [-0.4, -0.2) is 23.9 Å². The Morgan fingerprint density at radius 3 is 2.17 bits per heavy atom. The number of aliphatic hydroxyl groups is 1. The molecule has 0 bridgehead atoms. The van der Waals surface area contributed by atoms with Gasteiger partial charge >= 0.3 is 0 Å². The SMILES string of the molecule is CC(C)(C)CC1(O)CCOCC1. The van der Waals surface area contributed by atoms with E-state index in [1.165, 1.54) is 0 Å². The van der Waals surface area contributed by atoms with Crippen LogP contribution < -0.4 is 0 Å². The predicted molar refractivity (Wildman–Crippen MR) is 49.1 cm³/mol. The van der Waals surface area contributed by atoms with Gasteiger partial charge in [0, 0.05) is 13.2 Å². The molecule has 0 aromatic heterocycles. The molecule has 0 aromatic rings. The first-order valence-corrected chi connectivity index (χ1v) is 4.72. The Hall–Kier alpha value is -0.0800. The lowest BCUT2D eigenvalue weighted by Crippen LogP contribution is -2.39. The second-order valence-electron chi connectivity index (χ2n) is 5.07. The summed E-state index contributed by atoms with van der Waals surface area (Å²) in [6, 6.07) is 0. The van der Waals surface area contributed by atoms with Crippen LogP contribution in [0.3, 0.4) is 0 Å². The van der Waals surface area contributed by atoms with Crippen LogP contribution in [0.1, 0.15) is 40.0 Å². The summed E-state index contributed by atoms with van der Waals surface area (Å²) in [6.45, 7) is 7.93. The van der Waals surface area contributed by atoms with Gasteiger partial charge in [0.2, 0.25) is 0 Å². The number of hydrogen-bond donors (Lipinski definition) is 1. The van der Waals surface area contributed by atoms with Crippen molar-refractivity contribution in [3.8, 4) is 0 Å². The highest BCUT2D eigenvalue weighted by molar-refractivity contribution is 4.85. The van der Waals surface area contributed by atoms with Crippen LogP contribution in [0.5, 0.6) is 0 Å². The van der Waals surface area contributed by atoms with Gasteiger partial charge in [-0.3, -0.25) is 0 Å². The lowest BCUT2D eigenvalue weighted by Gasteiger charge is -2.37. The van der Waals surface area contributed by atoms with Gasteiger partial charge in [-0.05, 0) is 24.7 Å². The Morgan fingerprint density at radius 2 is 1.75 bits per heavy atom. The fourth-order valence-electron chi connectivity index (χ4n) is 1.92. The average Bonchev–Trinajstić information content (AvgIpc) is 1.83. The molecule has 0 aliphatic carbocycles. The maximum absolute atomic E-state index is 10.1. The highest BCUT2D eigenvalue weighted by Crippen LogP contribution is 2.33. The summed E-state index contributed by atoms with van der Waals surface area (Å²) in [6.07, 6.45) is 2.47. The van der Waals surface area contributed by atoms with E-state index in [1.54, 1.807) is 0 Å². The van der Waals surface area contributed by atoms with Crippen molar-refractivity contribution in [1.82, 2.24) is 0 Å². The van der Waals surface area contributed by atoms with Gasteiger partial charge in [0.15, 0.2) is 0 Å². The van der Waals surface area contributed by atoms with Gasteiger partial charge in [-0.15, -0.1) is 0 Å². The summed E-state index contributed by atoms with van der Waals surface area (Å²) < 4.78 is 5.22. The van der Waals surface area contributed by atoms with Crippen LogP contribution in [0, 0.1) is 5.41 Å². The number of rotatable bonds is 1. The largest absolute Gasteiger partial charge is 0.390 e. The molecule has 1 fully saturated rings. The standard InChI is InChI=1S/C10H20O2/c1-9(2,3)8-10(11)4-6-12-7-5-10/h11H,4-8H2,1-3H3. The Labute approximate surface area is 74.9 Å². The zero-order valence-corrected chi connectivity index (χ0v) is 8.39. The molecule has 0 unspecified atom stereocenters. The molecule has 0 atom stereocenters. The third kappa shape index (κ3) is 3.11. The maximum Gasteiger partial charge on any atom is 0.0696 e. The summed E-state index contributed by atoms with van der Waals surface area (Å²) in [5, 5.41) is 10.1. The topological polar surface area (TPSA) is 29.5 Å². The van der Waals surface area contributed by atoms with Crippen LogP contribution in [-0.2, 0) is 4.74 Å². The minimum absolute atomic E-state index is 0.214. The molecule has 1 aliphatic heterocycles. The van der Waals surface area contributed by atoms with Gasteiger partial charge in [-0.25, -0.2) is 0 Å².